The largest absolute Gasteiger partial charge is 0.295 e. The van der Waals surface area contributed by atoms with Gasteiger partial charge in [0, 0.05) is 0 Å². The SMILES string of the molecule is O=C(NC(=O)[C@H](Cc1ccccc1)c1ccccc1)[C@@H](Cc1ccccc1)c1ccccc1. The Balaban J connectivity index is 1.57. The Labute approximate surface area is 195 Å². The van der Waals surface area contributed by atoms with Crippen LogP contribution >= 0.6 is 0 Å². The minimum atomic E-state index is -0.453. The predicted octanol–water partition coefficient (Wildman–Crippen LogP) is 5.68. The molecule has 4 aromatic carbocycles. The minimum absolute atomic E-state index is 0.274. The molecule has 4 aromatic rings. The zero-order valence-corrected chi connectivity index (χ0v) is 18.4. The third-order valence-electron chi connectivity index (χ3n) is 5.85. The van der Waals surface area contributed by atoms with Crippen molar-refractivity contribution in [3.8, 4) is 0 Å². The van der Waals surface area contributed by atoms with E-state index in [1.807, 2.05) is 121 Å². The second-order valence-electron chi connectivity index (χ2n) is 8.16. The maximum absolute atomic E-state index is 13.4. The highest BCUT2D eigenvalue weighted by Gasteiger charge is 2.27. The first-order valence-electron chi connectivity index (χ1n) is 11.2. The molecule has 1 N–H and O–H groups in total. The number of carbonyl (C=O) groups excluding carboxylic acids is 2. The molecule has 0 saturated carbocycles. The maximum atomic E-state index is 13.4. The van der Waals surface area contributed by atoms with Gasteiger partial charge in [-0.2, -0.15) is 0 Å². The van der Waals surface area contributed by atoms with E-state index >= 15 is 0 Å². The molecule has 164 valence electrons. The van der Waals surface area contributed by atoms with Gasteiger partial charge in [-0.25, -0.2) is 0 Å². The molecule has 4 rings (SSSR count). The third kappa shape index (κ3) is 6.05. The molecule has 0 heterocycles. The Morgan fingerprint density at radius 1 is 0.485 bits per heavy atom. The molecule has 33 heavy (non-hydrogen) atoms. The lowest BCUT2D eigenvalue weighted by Gasteiger charge is -2.21. The molecule has 3 nitrogen and oxygen atoms in total. The fraction of sp³-hybridized carbons (Fsp3) is 0.133. The van der Waals surface area contributed by atoms with Gasteiger partial charge in [0.1, 0.15) is 0 Å². The lowest BCUT2D eigenvalue weighted by Crippen LogP contribution is -2.39. The Bertz CT molecular complexity index is 1060. The van der Waals surface area contributed by atoms with E-state index in [1.165, 1.54) is 0 Å². The first-order chi connectivity index (χ1) is 16.2. The summed E-state index contributed by atoms with van der Waals surface area (Å²) in [6.07, 6.45) is 1.05. The van der Waals surface area contributed by atoms with Gasteiger partial charge in [-0.15, -0.1) is 0 Å². The van der Waals surface area contributed by atoms with Crippen LogP contribution in [0, 0.1) is 0 Å². The van der Waals surface area contributed by atoms with Gasteiger partial charge in [0.05, 0.1) is 11.8 Å². The fourth-order valence-corrected chi connectivity index (χ4v) is 4.09. The highest BCUT2D eigenvalue weighted by molar-refractivity contribution is 6.01. The second kappa shape index (κ2) is 11.1. The highest BCUT2D eigenvalue weighted by atomic mass is 16.2. The van der Waals surface area contributed by atoms with E-state index in [-0.39, 0.29) is 11.8 Å². The van der Waals surface area contributed by atoms with Crippen LogP contribution in [0.1, 0.15) is 34.1 Å². The van der Waals surface area contributed by atoms with Crippen molar-refractivity contribution in [3.05, 3.63) is 144 Å². The van der Waals surface area contributed by atoms with Gasteiger partial charge in [0.2, 0.25) is 11.8 Å². The van der Waals surface area contributed by atoms with Crippen LogP contribution in [0.3, 0.4) is 0 Å². The summed E-state index contributed by atoms with van der Waals surface area (Å²) in [5.74, 6) is -1.45. The van der Waals surface area contributed by atoms with E-state index in [9.17, 15) is 9.59 Å². The molecule has 0 saturated heterocycles. The van der Waals surface area contributed by atoms with Gasteiger partial charge in [-0.3, -0.25) is 14.9 Å². The Morgan fingerprint density at radius 3 is 1.12 bits per heavy atom. The van der Waals surface area contributed by atoms with Crippen LogP contribution in [0.2, 0.25) is 0 Å². The molecule has 2 atom stereocenters. The number of amides is 2. The first-order valence-corrected chi connectivity index (χ1v) is 11.2. The summed E-state index contributed by atoms with van der Waals surface area (Å²) in [5, 5.41) is 2.74. The summed E-state index contributed by atoms with van der Waals surface area (Å²) in [6, 6.07) is 39.1. The zero-order valence-electron chi connectivity index (χ0n) is 18.4. The number of benzene rings is 4. The third-order valence-corrected chi connectivity index (χ3v) is 5.85. The minimum Gasteiger partial charge on any atom is -0.295 e. The molecule has 3 heteroatoms. The molecule has 0 aliphatic carbocycles. The van der Waals surface area contributed by atoms with Crippen LogP contribution in [-0.4, -0.2) is 11.8 Å². The summed E-state index contributed by atoms with van der Waals surface area (Å²) in [5.41, 5.74) is 3.90. The van der Waals surface area contributed by atoms with Crippen molar-refractivity contribution < 1.29 is 9.59 Å². The molecule has 2 amide bonds. The van der Waals surface area contributed by atoms with Crippen LogP contribution < -0.4 is 5.32 Å². The summed E-state index contributed by atoms with van der Waals surface area (Å²) < 4.78 is 0. The summed E-state index contributed by atoms with van der Waals surface area (Å²) >= 11 is 0. The van der Waals surface area contributed by atoms with Crippen LogP contribution in [-0.2, 0) is 22.4 Å². The van der Waals surface area contributed by atoms with Gasteiger partial charge >= 0.3 is 0 Å². The average Bonchev–Trinajstić information content (AvgIpc) is 2.88. The quantitative estimate of drug-likeness (QED) is 0.388. The molecule has 0 spiro atoms. The number of hydrogen-bond donors (Lipinski definition) is 1. The molecule has 0 bridgehead atoms. The number of carbonyl (C=O) groups is 2. The van der Waals surface area contributed by atoms with E-state index in [0.29, 0.717) is 12.8 Å². The molecule has 0 fully saturated rings. The summed E-state index contributed by atoms with van der Waals surface area (Å²) in [6.45, 7) is 0. The van der Waals surface area contributed by atoms with E-state index in [4.69, 9.17) is 0 Å². The Hall–Kier alpha value is -3.98. The second-order valence-corrected chi connectivity index (χ2v) is 8.16. The monoisotopic (exact) mass is 433 g/mol. The Morgan fingerprint density at radius 2 is 0.788 bits per heavy atom. The molecule has 0 unspecified atom stereocenters. The van der Waals surface area contributed by atoms with E-state index in [2.05, 4.69) is 5.32 Å². The molecule has 0 aliphatic rings. The van der Waals surface area contributed by atoms with Gasteiger partial charge in [0.25, 0.3) is 0 Å². The molecular weight excluding hydrogens is 406 g/mol. The number of hydrogen-bond acceptors (Lipinski definition) is 2. The van der Waals surface area contributed by atoms with Gasteiger partial charge in [0.15, 0.2) is 0 Å². The normalized spacial score (nSPS) is 12.5. The predicted molar refractivity (Wildman–Crippen MR) is 132 cm³/mol. The topological polar surface area (TPSA) is 46.2 Å². The fourth-order valence-electron chi connectivity index (χ4n) is 4.09. The number of imide groups is 1. The van der Waals surface area contributed by atoms with Crippen LogP contribution in [0.5, 0.6) is 0 Å². The Kier molecular flexibility index (Phi) is 7.44. The van der Waals surface area contributed by atoms with Crippen LogP contribution in [0.15, 0.2) is 121 Å². The van der Waals surface area contributed by atoms with Crippen molar-refractivity contribution >= 4 is 11.8 Å². The highest BCUT2D eigenvalue weighted by Crippen LogP contribution is 2.24. The molecule has 0 radical (unpaired) electrons. The number of nitrogens with one attached hydrogen (secondary N) is 1. The van der Waals surface area contributed by atoms with Crippen molar-refractivity contribution in [1.29, 1.82) is 0 Å². The smallest absolute Gasteiger partial charge is 0.234 e. The van der Waals surface area contributed by atoms with E-state index in [0.717, 1.165) is 22.3 Å². The van der Waals surface area contributed by atoms with Crippen molar-refractivity contribution in [2.24, 2.45) is 0 Å². The maximum Gasteiger partial charge on any atom is 0.234 e. The summed E-state index contributed by atoms with van der Waals surface area (Å²) in [4.78, 5) is 26.8. The lowest BCUT2D eigenvalue weighted by molar-refractivity contribution is -0.132. The first kappa shape index (κ1) is 22.2. The number of rotatable bonds is 8. The summed E-state index contributed by atoms with van der Waals surface area (Å²) in [7, 11) is 0. The van der Waals surface area contributed by atoms with Crippen LogP contribution in [0.25, 0.3) is 0 Å². The zero-order chi connectivity index (χ0) is 22.9. The standard InChI is InChI=1S/C30H27NO2/c32-29(27(25-17-9-3-10-18-25)21-23-13-5-1-6-14-23)31-30(33)28(26-19-11-4-12-20-26)22-24-15-7-2-8-16-24/h1-20,27-28H,21-22H2,(H,31,32,33)/t27-,28+. The van der Waals surface area contributed by atoms with E-state index < -0.39 is 11.8 Å². The lowest BCUT2D eigenvalue weighted by atomic mass is 9.89. The molecule has 0 aromatic heterocycles. The van der Waals surface area contributed by atoms with Crippen LogP contribution in [0.4, 0.5) is 0 Å². The van der Waals surface area contributed by atoms with Crippen molar-refractivity contribution in [2.75, 3.05) is 0 Å². The van der Waals surface area contributed by atoms with Crippen molar-refractivity contribution in [2.45, 2.75) is 24.7 Å². The van der Waals surface area contributed by atoms with Gasteiger partial charge in [-0.1, -0.05) is 121 Å². The van der Waals surface area contributed by atoms with Gasteiger partial charge in [-0.05, 0) is 35.1 Å². The van der Waals surface area contributed by atoms with Crippen molar-refractivity contribution in [3.63, 3.8) is 0 Å². The molecule has 0 aliphatic heterocycles. The van der Waals surface area contributed by atoms with Crippen molar-refractivity contribution in [1.82, 2.24) is 5.32 Å². The van der Waals surface area contributed by atoms with Gasteiger partial charge < -0.3 is 0 Å². The average molecular weight is 434 g/mol. The van der Waals surface area contributed by atoms with E-state index in [1.54, 1.807) is 0 Å². The molecular formula is C30H27NO2.